The lowest BCUT2D eigenvalue weighted by atomic mass is 10.1. The molecular formula is C14H14N2O3. The summed E-state index contributed by atoms with van der Waals surface area (Å²) in [6, 6.07) is 6.39. The maximum absolute atomic E-state index is 12.1. The van der Waals surface area contributed by atoms with E-state index in [9.17, 15) is 14.7 Å². The molecular weight excluding hydrogens is 244 g/mol. The SMILES string of the molecule is C#CCNCC(=O)N1c2ccccc2CC1C(=O)O. The van der Waals surface area contributed by atoms with Gasteiger partial charge in [-0.25, -0.2) is 4.79 Å². The molecule has 0 aliphatic carbocycles. The Bertz CT molecular complexity index is 548. The number of hydrogen-bond acceptors (Lipinski definition) is 3. The van der Waals surface area contributed by atoms with E-state index in [1.807, 2.05) is 12.1 Å². The summed E-state index contributed by atoms with van der Waals surface area (Å²) in [5.41, 5.74) is 1.54. The Kier molecular flexibility index (Phi) is 3.83. The second kappa shape index (κ2) is 5.55. The number of nitrogens with zero attached hydrogens (tertiary/aromatic N) is 1. The maximum atomic E-state index is 12.1. The van der Waals surface area contributed by atoms with Crippen molar-refractivity contribution < 1.29 is 14.7 Å². The van der Waals surface area contributed by atoms with E-state index in [0.717, 1.165) is 5.56 Å². The van der Waals surface area contributed by atoms with Gasteiger partial charge in [-0.1, -0.05) is 24.1 Å². The molecule has 0 aromatic heterocycles. The zero-order valence-electron chi connectivity index (χ0n) is 10.3. The second-order valence-electron chi connectivity index (χ2n) is 4.26. The number of anilines is 1. The number of carbonyl (C=O) groups is 2. The first-order valence-electron chi connectivity index (χ1n) is 5.92. The smallest absolute Gasteiger partial charge is 0.327 e. The number of amides is 1. The molecule has 1 unspecified atom stereocenters. The molecule has 0 saturated heterocycles. The summed E-state index contributed by atoms with van der Waals surface area (Å²) < 4.78 is 0. The normalized spacial score (nSPS) is 16.8. The van der Waals surface area contributed by atoms with Crippen molar-refractivity contribution in [3.8, 4) is 12.3 Å². The Labute approximate surface area is 111 Å². The number of fused-ring (bicyclic) bond motifs is 1. The fourth-order valence-electron chi connectivity index (χ4n) is 2.22. The summed E-state index contributed by atoms with van der Waals surface area (Å²) in [6.07, 6.45) is 5.43. The molecule has 0 radical (unpaired) electrons. The van der Waals surface area contributed by atoms with Crippen molar-refractivity contribution >= 4 is 17.6 Å². The molecule has 98 valence electrons. The number of para-hydroxylation sites is 1. The Morgan fingerprint density at radius 1 is 1.47 bits per heavy atom. The highest BCUT2D eigenvalue weighted by atomic mass is 16.4. The van der Waals surface area contributed by atoms with Crippen molar-refractivity contribution in [3.05, 3.63) is 29.8 Å². The number of hydrogen-bond donors (Lipinski definition) is 2. The summed E-state index contributed by atoms with van der Waals surface area (Å²) in [4.78, 5) is 24.7. The highest BCUT2D eigenvalue weighted by molar-refractivity contribution is 6.02. The van der Waals surface area contributed by atoms with Crippen molar-refractivity contribution in [1.82, 2.24) is 5.32 Å². The van der Waals surface area contributed by atoms with Crippen molar-refractivity contribution in [2.45, 2.75) is 12.5 Å². The van der Waals surface area contributed by atoms with Gasteiger partial charge in [-0.2, -0.15) is 0 Å². The minimum absolute atomic E-state index is 0.0301. The van der Waals surface area contributed by atoms with Crippen molar-refractivity contribution in [2.24, 2.45) is 0 Å². The molecule has 2 rings (SSSR count). The van der Waals surface area contributed by atoms with Crippen LogP contribution in [0.3, 0.4) is 0 Å². The molecule has 1 atom stereocenters. The number of aliphatic carboxylic acids is 1. The lowest BCUT2D eigenvalue weighted by Crippen LogP contribution is -2.46. The molecule has 5 heteroatoms. The van der Waals surface area contributed by atoms with Crippen LogP contribution in [0.1, 0.15) is 5.56 Å². The van der Waals surface area contributed by atoms with E-state index in [4.69, 9.17) is 6.42 Å². The molecule has 1 aliphatic rings. The molecule has 1 amide bonds. The number of carboxylic acids is 1. The molecule has 0 saturated carbocycles. The fourth-order valence-corrected chi connectivity index (χ4v) is 2.22. The van der Waals surface area contributed by atoms with Gasteiger partial charge in [0.15, 0.2) is 0 Å². The van der Waals surface area contributed by atoms with Gasteiger partial charge in [-0.15, -0.1) is 6.42 Å². The standard InChI is InChI=1S/C14H14N2O3/c1-2-7-15-9-13(17)16-11-6-4-3-5-10(11)8-12(16)14(18)19/h1,3-6,12,15H,7-9H2,(H,18,19). The molecule has 0 bridgehead atoms. The summed E-state index contributed by atoms with van der Waals surface area (Å²) >= 11 is 0. The molecule has 0 fully saturated rings. The van der Waals surface area contributed by atoms with Gasteiger partial charge in [-0.05, 0) is 11.6 Å². The molecule has 2 N–H and O–H groups in total. The molecule has 19 heavy (non-hydrogen) atoms. The number of nitrogens with one attached hydrogen (secondary N) is 1. The molecule has 1 heterocycles. The molecule has 0 spiro atoms. The first-order chi connectivity index (χ1) is 9.15. The first-order valence-corrected chi connectivity index (χ1v) is 5.92. The van der Waals surface area contributed by atoms with Crippen LogP contribution in [0.15, 0.2) is 24.3 Å². The van der Waals surface area contributed by atoms with Crippen LogP contribution in [-0.4, -0.2) is 36.1 Å². The van der Waals surface area contributed by atoms with Crippen molar-refractivity contribution in [3.63, 3.8) is 0 Å². The lowest BCUT2D eigenvalue weighted by molar-refractivity contribution is -0.139. The van der Waals surface area contributed by atoms with Gasteiger partial charge in [-0.3, -0.25) is 15.0 Å². The van der Waals surface area contributed by atoms with Gasteiger partial charge >= 0.3 is 5.97 Å². The zero-order valence-corrected chi connectivity index (χ0v) is 10.3. The minimum atomic E-state index is -0.999. The van der Waals surface area contributed by atoms with E-state index in [1.54, 1.807) is 12.1 Å². The quantitative estimate of drug-likeness (QED) is 0.600. The van der Waals surface area contributed by atoms with Gasteiger partial charge in [0.05, 0.1) is 13.1 Å². The van der Waals surface area contributed by atoms with Crippen LogP contribution >= 0.6 is 0 Å². The van der Waals surface area contributed by atoms with E-state index in [-0.39, 0.29) is 19.0 Å². The third kappa shape index (κ3) is 2.59. The summed E-state index contributed by atoms with van der Waals surface area (Å²) in [6.45, 7) is 0.307. The van der Waals surface area contributed by atoms with E-state index in [2.05, 4.69) is 11.2 Å². The van der Waals surface area contributed by atoms with Crippen LogP contribution in [0.4, 0.5) is 5.69 Å². The third-order valence-corrected chi connectivity index (χ3v) is 3.03. The zero-order chi connectivity index (χ0) is 13.8. The highest BCUT2D eigenvalue weighted by Gasteiger charge is 2.37. The second-order valence-corrected chi connectivity index (χ2v) is 4.26. The summed E-state index contributed by atoms with van der Waals surface area (Å²) in [5.74, 6) is 1.09. The average molecular weight is 258 g/mol. The van der Waals surface area contributed by atoms with Crippen molar-refractivity contribution in [1.29, 1.82) is 0 Å². The topological polar surface area (TPSA) is 69.6 Å². The van der Waals surface area contributed by atoms with Gasteiger partial charge < -0.3 is 5.11 Å². The number of rotatable bonds is 4. The maximum Gasteiger partial charge on any atom is 0.327 e. The highest BCUT2D eigenvalue weighted by Crippen LogP contribution is 2.32. The van der Waals surface area contributed by atoms with Crippen LogP contribution in [0, 0.1) is 12.3 Å². The van der Waals surface area contributed by atoms with E-state index in [1.165, 1.54) is 4.90 Å². The summed E-state index contributed by atoms with van der Waals surface area (Å²) in [7, 11) is 0. The Hall–Kier alpha value is -2.32. The third-order valence-electron chi connectivity index (χ3n) is 3.03. The van der Waals surface area contributed by atoms with Crippen molar-refractivity contribution in [2.75, 3.05) is 18.0 Å². The van der Waals surface area contributed by atoms with Crippen LogP contribution in [0.25, 0.3) is 0 Å². The van der Waals surface area contributed by atoms with Gasteiger partial charge in [0.2, 0.25) is 5.91 Å². The Morgan fingerprint density at radius 3 is 2.89 bits per heavy atom. The van der Waals surface area contributed by atoms with E-state index in [0.29, 0.717) is 12.1 Å². The average Bonchev–Trinajstić information content (AvgIpc) is 2.78. The van der Waals surface area contributed by atoms with Gasteiger partial charge in [0.25, 0.3) is 0 Å². The van der Waals surface area contributed by atoms with E-state index >= 15 is 0 Å². The minimum Gasteiger partial charge on any atom is -0.480 e. The number of benzene rings is 1. The molecule has 5 nitrogen and oxygen atoms in total. The monoisotopic (exact) mass is 258 g/mol. The molecule has 1 aromatic carbocycles. The first kappa shape index (κ1) is 13.1. The largest absolute Gasteiger partial charge is 0.480 e. The molecule has 1 aromatic rings. The number of terminal acetylenes is 1. The number of carbonyl (C=O) groups excluding carboxylic acids is 1. The van der Waals surface area contributed by atoms with E-state index < -0.39 is 12.0 Å². The summed E-state index contributed by atoms with van der Waals surface area (Å²) in [5, 5.41) is 12.0. The Morgan fingerprint density at radius 2 is 2.21 bits per heavy atom. The Balaban J connectivity index is 2.22. The molecule has 1 aliphatic heterocycles. The van der Waals surface area contributed by atoms with Gasteiger partial charge in [0, 0.05) is 12.1 Å². The van der Waals surface area contributed by atoms with Crippen LogP contribution in [0.5, 0.6) is 0 Å². The van der Waals surface area contributed by atoms with Crippen LogP contribution < -0.4 is 10.2 Å². The predicted molar refractivity (Wildman–Crippen MR) is 70.8 cm³/mol. The van der Waals surface area contributed by atoms with Crippen LogP contribution in [-0.2, 0) is 16.0 Å². The van der Waals surface area contributed by atoms with Crippen LogP contribution in [0.2, 0.25) is 0 Å². The number of carboxylic acid groups (broad SMARTS) is 1. The predicted octanol–water partition coefficient (Wildman–Crippen LogP) is 0.252. The lowest BCUT2D eigenvalue weighted by Gasteiger charge is -2.22. The van der Waals surface area contributed by atoms with Gasteiger partial charge in [0.1, 0.15) is 6.04 Å². The fraction of sp³-hybridized carbons (Fsp3) is 0.286.